The molecule has 1 aromatic rings. The summed E-state index contributed by atoms with van der Waals surface area (Å²) in [5.41, 5.74) is 6.63. The quantitative estimate of drug-likeness (QED) is 0.922. The fourth-order valence-corrected chi connectivity index (χ4v) is 3.23. The maximum Gasteiger partial charge on any atom is 0.219 e. The SMILES string of the molecule is CCC(=O)NCC1=C2C=CCc3ccc(OC)c(c32)CC1. The van der Waals surface area contributed by atoms with E-state index in [1.54, 1.807) is 7.11 Å². The van der Waals surface area contributed by atoms with Gasteiger partial charge in [0.1, 0.15) is 5.75 Å². The fraction of sp³-hybridized carbons (Fsp3) is 0.389. The van der Waals surface area contributed by atoms with Crippen molar-refractivity contribution in [3.05, 3.63) is 46.5 Å². The molecule has 0 unspecified atom stereocenters. The second-order valence-electron chi connectivity index (χ2n) is 5.53. The van der Waals surface area contributed by atoms with Crippen LogP contribution in [0.15, 0.2) is 29.9 Å². The average molecular weight is 283 g/mol. The minimum absolute atomic E-state index is 0.111. The van der Waals surface area contributed by atoms with Gasteiger partial charge in [-0.25, -0.2) is 0 Å². The summed E-state index contributed by atoms with van der Waals surface area (Å²) < 4.78 is 5.52. The number of amides is 1. The first-order chi connectivity index (χ1) is 10.2. The van der Waals surface area contributed by atoms with Crippen molar-refractivity contribution in [3.8, 4) is 5.75 Å². The van der Waals surface area contributed by atoms with Crippen LogP contribution in [0.3, 0.4) is 0 Å². The summed E-state index contributed by atoms with van der Waals surface area (Å²) in [5.74, 6) is 1.10. The van der Waals surface area contributed by atoms with Crippen molar-refractivity contribution in [1.82, 2.24) is 5.32 Å². The minimum atomic E-state index is 0.111. The van der Waals surface area contributed by atoms with Gasteiger partial charge in [0.2, 0.25) is 5.91 Å². The van der Waals surface area contributed by atoms with Gasteiger partial charge in [0.05, 0.1) is 7.11 Å². The largest absolute Gasteiger partial charge is 0.496 e. The summed E-state index contributed by atoms with van der Waals surface area (Å²) in [5, 5.41) is 3.01. The number of benzene rings is 1. The first-order valence-electron chi connectivity index (χ1n) is 7.59. The first kappa shape index (κ1) is 13.9. The van der Waals surface area contributed by atoms with E-state index in [2.05, 4.69) is 29.6 Å². The molecule has 0 spiro atoms. The molecule has 0 heterocycles. The number of allylic oxidation sites excluding steroid dienone is 3. The van der Waals surface area contributed by atoms with E-state index in [1.807, 2.05) is 6.92 Å². The Morgan fingerprint density at radius 2 is 2.19 bits per heavy atom. The van der Waals surface area contributed by atoms with Gasteiger partial charge in [-0.2, -0.15) is 0 Å². The number of methoxy groups -OCH3 is 1. The lowest BCUT2D eigenvalue weighted by molar-refractivity contribution is -0.120. The molecule has 0 aromatic heterocycles. The monoisotopic (exact) mass is 283 g/mol. The predicted molar refractivity (Wildman–Crippen MR) is 84.4 cm³/mol. The van der Waals surface area contributed by atoms with Crippen LogP contribution in [-0.2, 0) is 17.6 Å². The van der Waals surface area contributed by atoms with Gasteiger partial charge in [0, 0.05) is 18.5 Å². The van der Waals surface area contributed by atoms with E-state index < -0.39 is 0 Å². The molecule has 0 aliphatic heterocycles. The Labute approximate surface area is 125 Å². The Balaban J connectivity index is 2.01. The fourth-order valence-electron chi connectivity index (χ4n) is 3.23. The third-order valence-electron chi connectivity index (χ3n) is 4.35. The van der Waals surface area contributed by atoms with Gasteiger partial charge in [-0.05, 0) is 47.6 Å². The summed E-state index contributed by atoms with van der Waals surface area (Å²) in [4.78, 5) is 11.5. The number of hydrogen-bond donors (Lipinski definition) is 1. The summed E-state index contributed by atoms with van der Waals surface area (Å²) in [6.07, 6.45) is 7.90. The van der Waals surface area contributed by atoms with Crippen LogP contribution in [0.4, 0.5) is 0 Å². The van der Waals surface area contributed by atoms with E-state index in [1.165, 1.54) is 27.8 Å². The van der Waals surface area contributed by atoms with Crippen molar-refractivity contribution < 1.29 is 9.53 Å². The molecule has 0 bridgehead atoms. The maximum absolute atomic E-state index is 11.5. The van der Waals surface area contributed by atoms with Gasteiger partial charge >= 0.3 is 0 Å². The van der Waals surface area contributed by atoms with Gasteiger partial charge in [0.25, 0.3) is 0 Å². The Bertz CT molecular complexity index is 641. The lowest BCUT2D eigenvalue weighted by Crippen LogP contribution is -2.26. The molecule has 0 fully saturated rings. The molecule has 110 valence electrons. The third kappa shape index (κ3) is 2.48. The number of rotatable bonds is 4. The molecule has 0 saturated carbocycles. The van der Waals surface area contributed by atoms with Gasteiger partial charge in [0.15, 0.2) is 0 Å². The Hall–Kier alpha value is -2.03. The molecule has 3 heteroatoms. The smallest absolute Gasteiger partial charge is 0.219 e. The molecule has 1 aromatic carbocycles. The van der Waals surface area contributed by atoms with E-state index >= 15 is 0 Å². The van der Waals surface area contributed by atoms with E-state index in [4.69, 9.17) is 4.74 Å². The van der Waals surface area contributed by atoms with Gasteiger partial charge in [-0.3, -0.25) is 4.79 Å². The zero-order valence-electron chi connectivity index (χ0n) is 12.7. The lowest BCUT2D eigenvalue weighted by atomic mass is 9.79. The topological polar surface area (TPSA) is 38.3 Å². The highest BCUT2D eigenvalue weighted by atomic mass is 16.5. The summed E-state index contributed by atoms with van der Waals surface area (Å²) in [6, 6.07) is 4.24. The number of nitrogens with one attached hydrogen (secondary N) is 1. The number of ether oxygens (including phenoxy) is 1. The van der Waals surface area contributed by atoms with Crippen molar-refractivity contribution in [1.29, 1.82) is 0 Å². The van der Waals surface area contributed by atoms with Gasteiger partial charge < -0.3 is 10.1 Å². The van der Waals surface area contributed by atoms with Crippen LogP contribution in [0.5, 0.6) is 5.75 Å². The van der Waals surface area contributed by atoms with E-state index in [0.29, 0.717) is 13.0 Å². The standard InChI is InChI=1S/C18H21NO2/c1-3-17(20)19-11-13-7-9-15-16(21-2)10-8-12-5-4-6-14(13)18(12)15/h4,6,8,10H,3,5,7,9,11H2,1-2H3,(H,19,20). The van der Waals surface area contributed by atoms with Crippen molar-refractivity contribution in [2.24, 2.45) is 0 Å². The average Bonchev–Trinajstić information content (AvgIpc) is 2.54. The van der Waals surface area contributed by atoms with Crippen LogP contribution in [0, 0.1) is 0 Å². The van der Waals surface area contributed by atoms with E-state index in [0.717, 1.165) is 25.0 Å². The molecule has 1 amide bonds. The van der Waals surface area contributed by atoms with Gasteiger partial charge in [-0.1, -0.05) is 25.1 Å². The molecule has 21 heavy (non-hydrogen) atoms. The molecule has 2 aliphatic rings. The summed E-state index contributed by atoms with van der Waals surface area (Å²) >= 11 is 0. The predicted octanol–water partition coefficient (Wildman–Crippen LogP) is 3.03. The van der Waals surface area contributed by atoms with E-state index in [9.17, 15) is 4.79 Å². The molecular weight excluding hydrogens is 262 g/mol. The Morgan fingerprint density at radius 1 is 1.33 bits per heavy atom. The zero-order chi connectivity index (χ0) is 14.8. The van der Waals surface area contributed by atoms with Crippen LogP contribution < -0.4 is 10.1 Å². The van der Waals surface area contributed by atoms with Crippen LogP contribution in [0.25, 0.3) is 5.57 Å². The lowest BCUT2D eigenvalue weighted by Gasteiger charge is -2.28. The van der Waals surface area contributed by atoms with Crippen molar-refractivity contribution >= 4 is 11.5 Å². The van der Waals surface area contributed by atoms with E-state index in [-0.39, 0.29) is 5.91 Å². The third-order valence-corrected chi connectivity index (χ3v) is 4.35. The van der Waals surface area contributed by atoms with Crippen LogP contribution in [-0.4, -0.2) is 19.6 Å². The summed E-state index contributed by atoms with van der Waals surface area (Å²) in [7, 11) is 1.73. The molecule has 3 nitrogen and oxygen atoms in total. The van der Waals surface area contributed by atoms with Gasteiger partial charge in [-0.15, -0.1) is 0 Å². The van der Waals surface area contributed by atoms with Crippen LogP contribution >= 0.6 is 0 Å². The van der Waals surface area contributed by atoms with Crippen molar-refractivity contribution in [2.75, 3.05) is 13.7 Å². The highest BCUT2D eigenvalue weighted by Crippen LogP contribution is 2.41. The number of carbonyl (C=O) groups is 1. The minimum Gasteiger partial charge on any atom is -0.496 e. The molecule has 0 atom stereocenters. The zero-order valence-corrected chi connectivity index (χ0v) is 12.7. The molecule has 2 aliphatic carbocycles. The van der Waals surface area contributed by atoms with Crippen molar-refractivity contribution in [3.63, 3.8) is 0 Å². The molecule has 0 radical (unpaired) electrons. The second-order valence-corrected chi connectivity index (χ2v) is 5.53. The Morgan fingerprint density at radius 3 is 2.95 bits per heavy atom. The molecule has 3 rings (SSSR count). The highest BCUT2D eigenvalue weighted by Gasteiger charge is 2.24. The first-order valence-corrected chi connectivity index (χ1v) is 7.59. The van der Waals surface area contributed by atoms with Crippen LogP contribution in [0.2, 0.25) is 0 Å². The number of carbonyl (C=O) groups excluding carboxylic acids is 1. The molecule has 0 saturated heterocycles. The van der Waals surface area contributed by atoms with Crippen molar-refractivity contribution in [2.45, 2.75) is 32.6 Å². The second kappa shape index (κ2) is 5.76. The Kier molecular flexibility index (Phi) is 3.82. The molecular formula is C18H21NO2. The highest BCUT2D eigenvalue weighted by molar-refractivity contribution is 5.86. The van der Waals surface area contributed by atoms with Crippen LogP contribution in [0.1, 0.15) is 36.5 Å². The summed E-state index contributed by atoms with van der Waals surface area (Å²) in [6.45, 7) is 2.54. The molecule has 1 N–H and O–H groups in total. The number of hydrogen-bond acceptors (Lipinski definition) is 2. The normalized spacial score (nSPS) is 15.7. The maximum atomic E-state index is 11.5.